The van der Waals surface area contributed by atoms with Gasteiger partial charge in [-0.05, 0) is 13.3 Å². The summed E-state index contributed by atoms with van der Waals surface area (Å²) in [5.41, 5.74) is 5.49. The molecule has 0 aliphatic carbocycles. The third-order valence-corrected chi connectivity index (χ3v) is 6.23. The fourth-order valence-electron chi connectivity index (χ4n) is 2.68. The molecule has 0 aliphatic rings. The van der Waals surface area contributed by atoms with Crippen molar-refractivity contribution in [2.75, 3.05) is 6.54 Å². The van der Waals surface area contributed by atoms with Crippen molar-refractivity contribution in [3.63, 3.8) is 0 Å². The molecule has 6 heteroatoms. The summed E-state index contributed by atoms with van der Waals surface area (Å²) in [6.07, 6.45) is 15.4. The molecule has 1 atom stereocenters. The summed E-state index contributed by atoms with van der Waals surface area (Å²) in [7, 11) is -4.05. The molecule has 3 N–H and O–H groups in total. The summed E-state index contributed by atoms with van der Waals surface area (Å²) >= 11 is 0. The topological polar surface area (TPSA) is 80.4 Å². The van der Waals surface area contributed by atoms with E-state index in [1.807, 2.05) is 0 Å². The standard InChI is InChI=1S/C17H37NO3S.K.H/c1-3-4-5-6-7-8-9-10-11-12-13-14-15-17(2,16-18)22(19,20)21;;/h3-16,18H2,1-2H3,(H,19,20,21);;/q;+1;-1. The minimum Gasteiger partial charge on any atom is -1.00 e. The van der Waals surface area contributed by atoms with Crippen LogP contribution in [0.4, 0.5) is 0 Å². The second-order valence-electron chi connectivity index (χ2n) is 6.77. The van der Waals surface area contributed by atoms with Crippen LogP contribution >= 0.6 is 0 Å². The second kappa shape index (κ2) is 15.7. The van der Waals surface area contributed by atoms with E-state index in [4.69, 9.17) is 5.73 Å². The van der Waals surface area contributed by atoms with Gasteiger partial charge in [-0.2, -0.15) is 8.42 Å². The van der Waals surface area contributed by atoms with Crippen LogP contribution in [0.1, 0.15) is 98.7 Å². The van der Waals surface area contributed by atoms with E-state index >= 15 is 0 Å². The Morgan fingerprint density at radius 1 is 0.870 bits per heavy atom. The third-order valence-electron chi connectivity index (χ3n) is 4.61. The molecule has 1 unspecified atom stereocenters. The van der Waals surface area contributed by atoms with Crippen LogP contribution in [0.3, 0.4) is 0 Å². The predicted molar refractivity (Wildman–Crippen MR) is 95.8 cm³/mol. The normalized spacial score (nSPS) is 14.3. The summed E-state index contributed by atoms with van der Waals surface area (Å²) in [5.74, 6) is 0. The molecule has 0 aromatic rings. The van der Waals surface area contributed by atoms with Gasteiger partial charge in [0, 0.05) is 6.54 Å². The molecular formula is C17H38KNO3S. The van der Waals surface area contributed by atoms with Crippen LogP contribution in [-0.2, 0) is 10.1 Å². The van der Waals surface area contributed by atoms with E-state index in [1.54, 1.807) is 0 Å². The van der Waals surface area contributed by atoms with Crippen molar-refractivity contribution in [1.82, 2.24) is 0 Å². The fourth-order valence-corrected chi connectivity index (χ4v) is 3.29. The summed E-state index contributed by atoms with van der Waals surface area (Å²) in [6.45, 7) is 3.75. The number of rotatable bonds is 15. The van der Waals surface area contributed by atoms with Gasteiger partial charge < -0.3 is 7.16 Å². The zero-order chi connectivity index (χ0) is 16.9. The predicted octanol–water partition coefficient (Wildman–Crippen LogP) is 1.80. The Morgan fingerprint density at radius 3 is 1.52 bits per heavy atom. The summed E-state index contributed by atoms with van der Waals surface area (Å²) in [6, 6.07) is 0. The van der Waals surface area contributed by atoms with Crippen LogP contribution in [0.2, 0.25) is 0 Å². The number of nitrogens with two attached hydrogens (primary N) is 1. The summed E-state index contributed by atoms with van der Waals surface area (Å²) in [4.78, 5) is 0. The minimum atomic E-state index is -4.05. The molecule has 0 bridgehead atoms. The molecule has 0 aromatic heterocycles. The van der Waals surface area contributed by atoms with Crippen molar-refractivity contribution < 1.29 is 65.8 Å². The molecule has 0 rings (SSSR count). The van der Waals surface area contributed by atoms with E-state index in [-0.39, 0.29) is 59.4 Å². The minimum absolute atomic E-state index is 0. The van der Waals surface area contributed by atoms with Gasteiger partial charge in [0.2, 0.25) is 0 Å². The van der Waals surface area contributed by atoms with E-state index in [2.05, 4.69) is 6.92 Å². The van der Waals surface area contributed by atoms with Crippen LogP contribution in [0, 0.1) is 0 Å². The van der Waals surface area contributed by atoms with Gasteiger partial charge in [-0.15, -0.1) is 0 Å². The van der Waals surface area contributed by atoms with Crippen molar-refractivity contribution in [3.05, 3.63) is 0 Å². The zero-order valence-electron chi connectivity index (χ0n) is 16.6. The maximum absolute atomic E-state index is 11.3. The van der Waals surface area contributed by atoms with Gasteiger partial charge >= 0.3 is 51.4 Å². The van der Waals surface area contributed by atoms with Crippen LogP contribution in [-0.4, -0.2) is 24.3 Å². The molecule has 0 saturated carbocycles. The average Bonchev–Trinajstić information content (AvgIpc) is 2.47. The van der Waals surface area contributed by atoms with Gasteiger partial charge in [0.05, 0.1) is 0 Å². The Bertz CT molecular complexity index is 369. The van der Waals surface area contributed by atoms with Crippen molar-refractivity contribution in [2.24, 2.45) is 5.73 Å². The van der Waals surface area contributed by atoms with Gasteiger partial charge in [0.1, 0.15) is 4.75 Å². The Labute approximate surface area is 188 Å². The van der Waals surface area contributed by atoms with E-state index in [0.29, 0.717) is 6.42 Å². The second-order valence-corrected chi connectivity index (χ2v) is 8.70. The molecule has 0 radical (unpaired) electrons. The SMILES string of the molecule is CCCCCCCCCCCCCCC(C)(CN)S(=O)(=O)O.[H-].[K+]. The molecule has 0 aromatic carbocycles. The molecule has 4 nitrogen and oxygen atoms in total. The first-order valence-electron chi connectivity index (χ1n) is 9.04. The third kappa shape index (κ3) is 13.4. The largest absolute Gasteiger partial charge is 1.00 e. The van der Waals surface area contributed by atoms with E-state index in [0.717, 1.165) is 19.3 Å². The first-order valence-corrected chi connectivity index (χ1v) is 10.5. The fraction of sp³-hybridized carbons (Fsp3) is 1.00. The Kier molecular flexibility index (Phi) is 18.3. The Hall–Kier alpha value is 1.51. The van der Waals surface area contributed by atoms with Crippen molar-refractivity contribution in [2.45, 2.75) is 102 Å². The van der Waals surface area contributed by atoms with Crippen LogP contribution in [0.15, 0.2) is 0 Å². The number of unbranched alkanes of at least 4 members (excludes halogenated alkanes) is 11. The molecule has 0 fully saturated rings. The molecule has 0 aliphatic heterocycles. The zero-order valence-corrected chi connectivity index (χ0v) is 19.6. The molecule has 136 valence electrons. The molecular weight excluding hydrogens is 337 g/mol. The van der Waals surface area contributed by atoms with Gasteiger partial charge in [0.15, 0.2) is 0 Å². The monoisotopic (exact) mass is 375 g/mol. The average molecular weight is 376 g/mol. The van der Waals surface area contributed by atoms with Crippen LogP contribution in [0.5, 0.6) is 0 Å². The Morgan fingerprint density at radius 2 is 1.22 bits per heavy atom. The Balaban J connectivity index is -0.00000220. The first-order chi connectivity index (χ1) is 10.4. The van der Waals surface area contributed by atoms with E-state index in [1.165, 1.54) is 64.7 Å². The van der Waals surface area contributed by atoms with Crippen molar-refractivity contribution in [1.29, 1.82) is 0 Å². The summed E-state index contributed by atoms with van der Waals surface area (Å²) < 4.78 is 30.6. The quantitative estimate of drug-likeness (QED) is 0.260. The number of hydrogen-bond acceptors (Lipinski definition) is 3. The van der Waals surface area contributed by atoms with Crippen LogP contribution in [0.25, 0.3) is 0 Å². The van der Waals surface area contributed by atoms with Crippen molar-refractivity contribution >= 4 is 10.1 Å². The summed E-state index contributed by atoms with van der Waals surface area (Å²) in [5, 5.41) is 0. The smallest absolute Gasteiger partial charge is 1.00 e. The maximum Gasteiger partial charge on any atom is 1.00 e. The first kappa shape index (κ1) is 26.7. The molecule has 0 heterocycles. The van der Waals surface area contributed by atoms with Crippen molar-refractivity contribution in [3.8, 4) is 0 Å². The van der Waals surface area contributed by atoms with Gasteiger partial charge in [-0.25, -0.2) is 0 Å². The molecule has 0 saturated heterocycles. The van der Waals surface area contributed by atoms with Gasteiger partial charge in [-0.3, -0.25) is 4.55 Å². The van der Waals surface area contributed by atoms with E-state index in [9.17, 15) is 13.0 Å². The van der Waals surface area contributed by atoms with E-state index < -0.39 is 14.9 Å². The molecule has 0 spiro atoms. The van der Waals surface area contributed by atoms with Gasteiger partial charge in [0.25, 0.3) is 10.1 Å². The van der Waals surface area contributed by atoms with Gasteiger partial charge in [-0.1, -0.05) is 84.0 Å². The molecule has 0 amide bonds. The van der Waals surface area contributed by atoms with Crippen LogP contribution < -0.4 is 57.1 Å². The molecule has 23 heavy (non-hydrogen) atoms. The number of hydrogen-bond donors (Lipinski definition) is 2. The maximum atomic E-state index is 11.3.